The van der Waals surface area contributed by atoms with Crippen LogP contribution in [-0.2, 0) is 16.0 Å². The van der Waals surface area contributed by atoms with Crippen LogP contribution in [0.5, 0.6) is 23.0 Å². The highest BCUT2D eigenvalue weighted by molar-refractivity contribution is 6.15. The Morgan fingerprint density at radius 2 is 1.81 bits per heavy atom. The summed E-state index contributed by atoms with van der Waals surface area (Å²) in [4.78, 5) is 14.0. The van der Waals surface area contributed by atoms with Gasteiger partial charge in [-0.3, -0.25) is 4.79 Å². The summed E-state index contributed by atoms with van der Waals surface area (Å²) < 4.78 is 27.0. The van der Waals surface area contributed by atoms with Gasteiger partial charge in [0.25, 0.3) is 0 Å². The average molecular weight is 427 g/mol. The predicted molar refractivity (Wildman–Crippen MR) is 110 cm³/mol. The highest BCUT2D eigenvalue weighted by Gasteiger charge is 2.31. The van der Waals surface area contributed by atoms with Crippen molar-refractivity contribution >= 4 is 11.9 Å². The van der Waals surface area contributed by atoms with Crippen molar-refractivity contribution in [3.05, 3.63) is 52.8 Å². The van der Waals surface area contributed by atoms with E-state index < -0.39 is 0 Å². The number of methoxy groups -OCH3 is 2. The minimum atomic E-state index is -0.246. The summed E-state index contributed by atoms with van der Waals surface area (Å²) in [5, 5.41) is 12.6. The molecule has 2 aromatic rings. The third-order valence-electron chi connectivity index (χ3n) is 5.34. The largest absolute Gasteiger partial charge is 0.872 e. The van der Waals surface area contributed by atoms with Crippen LogP contribution in [0, 0.1) is 0 Å². The first-order chi connectivity index (χ1) is 15.1. The third kappa shape index (κ3) is 4.51. The second kappa shape index (κ2) is 9.38. The van der Waals surface area contributed by atoms with Gasteiger partial charge < -0.3 is 33.7 Å². The maximum atomic E-state index is 12.9. The molecule has 0 unspecified atom stereocenters. The van der Waals surface area contributed by atoms with E-state index in [0.29, 0.717) is 61.2 Å². The zero-order valence-corrected chi connectivity index (χ0v) is 17.6. The SMILES string of the molecule is COCC[NH+](CCOC)Cc1c([O-])ccc2c1OC(=Cc1ccc3c(c1)OCO3)C2=O. The number of fused-ring (bicyclic) bond motifs is 2. The summed E-state index contributed by atoms with van der Waals surface area (Å²) in [5.74, 6) is 1.41. The second-order valence-electron chi connectivity index (χ2n) is 7.38. The normalized spacial score (nSPS) is 15.6. The zero-order chi connectivity index (χ0) is 21.8. The van der Waals surface area contributed by atoms with E-state index in [-0.39, 0.29) is 24.1 Å². The van der Waals surface area contributed by atoms with Gasteiger partial charge >= 0.3 is 0 Å². The number of benzene rings is 2. The predicted octanol–water partition coefficient (Wildman–Crippen LogP) is 0.783. The highest BCUT2D eigenvalue weighted by Crippen LogP contribution is 2.39. The number of hydrogen-bond acceptors (Lipinski definition) is 7. The van der Waals surface area contributed by atoms with Crippen LogP contribution in [0.2, 0.25) is 0 Å². The average Bonchev–Trinajstić information content (AvgIpc) is 3.36. The van der Waals surface area contributed by atoms with E-state index in [1.54, 1.807) is 32.4 Å². The molecule has 2 heterocycles. The van der Waals surface area contributed by atoms with Gasteiger partial charge in [-0.1, -0.05) is 17.9 Å². The summed E-state index contributed by atoms with van der Waals surface area (Å²) >= 11 is 0. The fraction of sp³-hybridized carbons (Fsp3) is 0.348. The van der Waals surface area contributed by atoms with Crippen molar-refractivity contribution in [3.63, 3.8) is 0 Å². The lowest BCUT2D eigenvalue weighted by atomic mass is 10.0. The van der Waals surface area contributed by atoms with Crippen molar-refractivity contribution in [2.24, 2.45) is 0 Å². The summed E-state index contributed by atoms with van der Waals surface area (Å²) in [6.45, 7) is 3.11. The Kier molecular flexibility index (Phi) is 6.41. The van der Waals surface area contributed by atoms with Gasteiger partial charge in [0.1, 0.15) is 25.4 Å². The van der Waals surface area contributed by atoms with Crippen LogP contribution in [-0.4, -0.2) is 53.1 Å². The smallest absolute Gasteiger partial charge is 0.231 e. The van der Waals surface area contributed by atoms with E-state index in [4.69, 9.17) is 23.7 Å². The van der Waals surface area contributed by atoms with E-state index in [2.05, 4.69) is 0 Å². The molecule has 31 heavy (non-hydrogen) atoms. The Morgan fingerprint density at radius 1 is 1.06 bits per heavy atom. The van der Waals surface area contributed by atoms with Crippen molar-refractivity contribution in [2.45, 2.75) is 6.54 Å². The van der Waals surface area contributed by atoms with Gasteiger partial charge in [0.05, 0.1) is 18.8 Å². The van der Waals surface area contributed by atoms with E-state index in [1.165, 1.54) is 12.1 Å². The minimum absolute atomic E-state index is 0.150. The van der Waals surface area contributed by atoms with Crippen molar-refractivity contribution in [1.29, 1.82) is 0 Å². The number of Topliss-reactive ketones (excluding diaryl/α,β-unsaturated/α-hetero) is 1. The fourth-order valence-electron chi connectivity index (χ4n) is 3.66. The Morgan fingerprint density at radius 3 is 2.55 bits per heavy atom. The number of carbonyl (C=O) groups excluding carboxylic acids is 1. The van der Waals surface area contributed by atoms with Gasteiger partial charge in [-0.15, -0.1) is 0 Å². The van der Waals surface area contributed by atoms with Crippen LogP contribution < -0.4 is 24.2 Å². The first-order valence-electron chi connectivity index (χ1n) is 10.1. The fourth-order valence-corrected chi connectivity index (χ4v) is 3.66. The minimum Gasteiger partial charge on any atom is -0.872 e. The molecule has 0 fully saturated rings. The Labute approximate surface area is 180 Å². The molecule has 0 bridgehead atoms. The number of carbonyl (C=O) groups is 1. The summed E-state index contributed by atoms with van der Waals surface area (Å²) in [6, 6.07) is 8.37. The molecular weight excluding hydrogens is 402 g/mol. The van der Waals surface area contributed by atoms with Gasteiger partial charge in [0.2, 0.25) is 12.6 Å². The molecule has 0 aromatic heterocycles. The van der Waals surface area contributed by atoms with Crippen molar-refractivity contribution in [2.75, 3.05) is 47.3 Å². The number of ketones is 1. The molecule has 0 radical (unpaired) electrons. The molecule has 2 aromatic carbocycles. The number of rotatable bonds is 9. The molecular formula is C23H25NO7. The lowest BCUT2D eigenvalue weighted by molar-refractivity contribution is -0.914. The standard InChI is InChI=1S/C23H25NO7/c1-27-9-7-24(8-10-28-2)13-17-18(25)5-4-16-22(26)21(31-23(16)17)12-15-3-6-19-20(11-15)30-14-29-19/h3-6,11-12,25H,7-10,13-14H2,1-2H3. The number of allylic oxidation sites excluding steroid dienone is 1. The molecule has 1 N–H and O–H groups in total. The van der Waals surface area contributed by atoms with Crippen LogP contribution in [0.15, 0.2) is 36.1 Å². The van der Waals surface area contributed by atoms with Gasteiger partial charge in [0.15, 0.2) is 17.3 Å². The van der Waals surface area contributed by atoms with E-state index in [9.17, 15) is 9.90 Å². The van der Waals surface area contributed by atoms with Crippen LogP contribution in [0.4, 0.5) is 0 Å². The highest BCUT2D eigenvalue weighted by atomic mass is 16.7. The molecule has 0 atom stereocenters. The molecule has 4 rings (SSSR count). The Balaban J connectivity index is 1.60. The van der Waals surface area contributed by atoms with Gasteiger partial charge in [0, 0.05) is 19.8 Å². The first-order valence-corrected chi connectivity index (χ1v) is 10.1. The van der Waals surface area contributed by atoms with Gasteiger partial charge in [-0.2, -0.15) is 0 Å². The quantitative estimate of drug-likeness (QED) is 0.592. The van der Waals surface area contributed by atoms with Crippen LogP contribution in [0.25, 0.3) is 6.08 Å². The third-order valence-corrected chi connectivity index (χ3v) is 5.34. The van der Waals surface area contributed by atoms with Crippen molar-refractivity contribution in [1.82, 2.24) is 0 Å². The molecule has 164 valence electrons. The molecule has 0 spiro atoms. The molecule has 2 aliphatic heterocycles. The first kappa shape index (κ1) is 21.2. The van der Waals surface area contributed by atoms with Gasteiger partial charge in [-0.25, -0.2) is 0 Å². The molecule has 0 saturated heterocycles. The zero-order valence-electron chi connectivity index (χ0n) is 17.6. The van der Waals surface area contributed by atoms with Crippen LogP contribution in [0.3, 0.4) is 0 Å². The lowest BCUT2D eigenvalue weighted by Crippen LogP contribution is -3.11. The van der Waals surface area contributed by atoms with Gasteiger partial charge in [-0.05, 0) is 29.8 Å². The Hall–Kier alpha value is -3.07. The summed E-state index contributed by atoms with van der Waals surface area (Å²) in [6.07, 6.45) is 1.65. The van der Waals surface area contributed by atoms with Crippen molar-refractivity contribution in [3.8, 4) is 23.0 Å². The number of quaternary nitrogens is 1. The molecule has 0 saturated carbocycles. The van der Waals surface area contributed by atoms with Crippen LogP contribution >= 0.6 is 0 Å². The topological polar surface area (TPSA) is 90.7 Å². The van der Waals surface area contributed by atoms with Crippen molar-refractivity contribution < 1.29 is 38.5 Å². The lowest BCUT2D eigenvalue weighted by Gasteiger charge is -2.23. The molecule has 8 heteroatoms. The van der Waals surface area contributed by atoms with Crippen LogP contribution in [0.1, 0.15) is 21.5 Å². The van der Waals surface area contributed by atoms with E-state index >= 15 is 0 Å². The maximum absolute atomic E-state index is 12.9. The molecule has 0 amide bonds. The molecule has 2 aliphatic rings. The van der Waals surface area contributed by atoms with E-state index in [1.807, 2.05) is 6.07 Å². The Bertz CT molecular complexity index is 994. The number of nitrogens with one attached hydrogen (secondary N) is 1. The second-order valence-corrected chi connectivity index (χ2v) is 7.38. The number of ether oxygens (including phenoxy) is 5. The molecule has 0 aliphatic carbocycles. The molecule has 8 nitrogen and oxygen atoms in total. The van der Waals surface area contributed by atoms with E-state index in [0.717, 1.165) is 10.5 Å². The maximum Gasteiger partial charge on any atom is 0.231 e. The summed E-state index contributed by atoms with van der Waals surface area (Å²) in [7, 11) is 3.28. The number of hydrogen-bond donors (Lipinski definition) is 1. The summed E-state index contributed by atoms with van der Waals surface area (Å²) in [5.41, 5.74) is 1.64. The monoisotopic (exact) mass is 427 g/mol.